The smallest absolute Gasteiger partial charge is 0.326 e. The van der Waals surface area contributed by atoms with Crippen LogP contribution in [0, 0.1) is 11.7 Å². The van der Waals surface area contributed by atoms with Gasteiger partial charge in [0, 0.05) is 6.42 Å². The first-order chi connectivity index (χ1) is 9.79. The highest BCUT2D eigenvalue weighted by Gasteiger charge is 2.24. The van der Waals surface area contributed by atoms with Crippen LogP contribution in [0.4, 0.5) is 4.39 Å². The Kier molecular flexibility index (Phi) is 6.30. The molecule has 0 saturated carbocycles. The van der Waals surface area contributed by atoms with Crippen LogP contribution in [0.5, 0.6) is 0 Å². The lowest BCUT2D eigenvalue weighted by Gasteiger charge is -2.19. The lowest BCUT2D eigenvalue weighted by Crippen LogP contribution is -2.49. The molecule has 0 aliphatic rings. The van der Waals surface area contributed by atoms with Gasteiger partial charge in [0.2, 0.25) is 5.91 Å². The van der Waals surface area contributed by atoms with Gasteiger partial charge in [-0.2, -0.15) is 0 Å². The summed E-state index contributed by atoms with van der Waals surface area (Å²) in [6.45, 7) is 3.85. The molecule has 0 aliphatic carbocycles. The number of carboxylic acid groups (broad SMARTS) is 1. The van der Waals surface area contributed by atoms with Crippen molar-refractivity contribution in [2.24, 2.45) is 11.7 Å². The average molecular weight is 296 g/mol. The van der Waals surface area contributed by atoms with Gasteiger partial charge in [0.25, 0.3) is 0 Å². The van der Waals surface area contributed by atoms with E-state index in [4.69, 9.17) is 10.8 Å². The number of halogens is 1. The number of carbonyl (C=O) groups is 2. The van der Waals surface area contributed by atoms with Crippen molar-refractivity contribution < 1.29 is 19.1 Å². The number of aliphatic carboxylic acids is 1. The lowest BCUT2D eigenvalue weighted by molar-refractivity contribution is -0.142. The van der Waals surface area contributed by atoms with Crippen LogP contribution in [0.1, 0.15) is 25.8 Å². The monoisotopic (exact) mass is 296 g/mol. The van der Waals surface area contributed by atoms with Crippen LogP contribution in [-0.4, -0.2) is 29.1 Å². The third kappa shape index (κ3) is 5.91. The van der Waals surface area contributed by atoms with Crippen LogP contribution in [0.3, 0.4) is 0 Å². The molecule has 4 N–H and O–H groups in total. The molecule has 0 fully saturated rings. The molecule has 0 aromatic heterocycles. The second-order valence-electron chi connectivity index (χ2n) is 5.47. The van der Waals surface area contributed by atoms with E-state index in [1.165, 1.54) is 18.2 Å². The molecular formula is C15H21FN2O3. The number of nitrogens with one attached hydrogen (secondary N) is 1. The number of carbonyl (C=O) groups excluding carboxylic acids is 1. The van der Waals surface area contributed by atoms with E-state index in [1.54, 1.807) is 6.07 Å². The molecule has 1 aromatic rings. The fourth-order valence-electron chi connectivity index (χ4n) is 1.99. The van der Waals surface area contributed by atoms with Crippen molar-refractivity contribution >= 4 is 11.9 Å². The zero-order valence-corrected chi connectivity index (χ0v) is 12.2. The molecule has 0 radical (unpaired) electrons. The van der Waals surface area contributed by atoms with Crippen LogP contribution in [0.25, 0.3) is 0 Å². The number of hydrogen-bond acceptors (Lipinski definition) is 3. The minimum absolute atomic E-state index is 0.00717. The van der Waals surface area contributed by atoms with Gasteiger partial charge in [0.05, 0.1) is 6.04 Å². The largest absolute Gasteiger partial charge is 0.480 e. The summed E-state index contributed by atoms with van der Waals surface area (Å²) < 4.78 is 13.1. The van der Waals surface area contributed by atoms with Gasteiger partial charge < -0.3 is 16.2 Å². The molecule has 0 unspecified atom stereocenters. The Hall–Kier alpha value is -1.95. The molecule has 1 rings (SSSR count). The molecule has 6 heteroatoms. The summed E-state index contributed by atoms with van der Waals surface area (Å²) in [5, 5.41) is 11.6. The Morgan fingerprint density at radius 3 is 2.57 bits per heavy atom. The maximum absolute atomic E-state index is 13.1. The highest BCUT2D eigenvalue weighted by Crippen LogP contribution is 2.08. The summed E-state index contributed by atoms with van der Waals surface area (Å²) in [6.07, 6.45) is 0.478. The first kappa shape index (κ1) is 17.1. The number of amides is 1. The normalized spacial score (nSPS) is 13.8. The summed E-state index contributed by atoms with van der Waals surface area (Å²) >= 11 is 0. The first-order valence-corrected chi connectivity index (χ1v) is 6.82. The Labute approximate surface area is 123 Å². The van der Waals surface area contributed by atoms with Crippen molar-refractivity contribution in [2.75, 3.05) is 0 Å². The molecule has 0 heterocycles. The second kappa shape index (κ2) is 7.73. The van der Waals surface area contributed by atoms with Gasteiger partial charge in [-0.05, 0) is 30.0 Å². The van der Waals surface area contributed by atoms with Gasteiger partial charge in [-0.3, -0.25) is 4.79 Å². The van der Waals surface area contributed by atoms with Crippen LogP contribution >= 0.6 is 0 Å². The molecular weight excluding hydrogens is 275 g/mol. The van der Waals surface area contributed by atoms with Gasteiger partial charge in [0.1, 0.15) is 11.9 Å². The number of benzene rings is 1. The third-order valence-electron chi connectivity index (χ3n) is 3.01. The minimum atomic E-state index is -1.18. The van der Waals surface area contributed by atoms with E-state index in [-0.39, 0.29) is 12.3 Å². The highest BCUT2D eigenvalue weighted by atomic mass is 19.1. The van der Waals surface area contributed by atoms with Gasteiger partial charge >= 0.3 is 5.97 Å². The molecule has 0 spiro atoms. The molecule has 0 saturated heterocycles. The molecule has 0 bridgehead atoms. The van der Waals surface area contributed by atoms with Crippen molar-refractivity contribution in [2.45, 2.75) is 38.8 Å². The number of carboxylic acids is 1. The van der Waals surface area contributed by atoms with E-state index in [1.807, 2.05) is 13.8 Å². The maximum Gasteiger partial charge on any atom is 0.326 e. The van der Waals surface area contributed by atoms with E-state index >= 15 is 0 Å². The molecule has 1 amide bonds. The van der Waals surface area contributed by atoms with Crippen molar-refractivity contribution in [3.8, 4) is 0 Å². The molecule has 1 aromatic carbocycles. The number of hydrogen-bond donors (Lipinski definition) is 3. The van der Waals surface area contributed by atoms with Crippen molar-refractivity contribution in [3.63, 3.8) is 0 Å². The van der Waals surface area contributed by atoms with E-state index in [2.05, 4.69) is 5.32 Å². The van der Waals surface area contributed by atoms with Crippen molar-refractivity contribution in [1.29, 1.82) is 0 Å². The summed E-state index contributed by atoms with van der Waals surface area (Å²) in [4.78, 5) is 23.1. The fourth-order valence-corrected chi connectivity index (χ4v) is 1.99. The van der Waals surface area contributed by atoms with Gasteiger partial charge in [-0.25, -0.2) is 9.18 Å². The number of rotatable bonds is 7. The zero-order valence-electron chi connectivity index (χ0n) is 12.2. The van der Waals surface area contributed by atoms with Crippen LogP contribution in [0.2, 0.25) is 0 Å². The number of nitrogens with two attached hydrogens (primary N) is 1. The molecule has 5 nitrogen and oxygen atoms in total. The lowest BCUT2D eigenvalue weighted by atomic mass is 10.0. The van der Waals surface area contributed by atoms with Gasteiger partial charge in [-0.15, -0.1) is 0 Å². The molecule has 116 valence electrons. The SMILES string of the molecule is CC(C)C[C@H](N)C(=O)N[C@@H](Cc1cccc(F)c1)C(=O)O. The molecule has 0 aliphatic heterocycles. The predicted octanol–water partition coefficient (Wildman–Crippen LogP) is 1.31. The quantitative estimate of drug-likeness (QED) is 0.707. The summed E-state index contributed by atoms with van der Waals surface area (Å²) in [5.41, 5.74) is 6.22. The Balaban J connectivity index is 2.70. The minimum Gasteiger partial charge on any atom is -0.480 e. The third-order valence-corrected chi connectivity index (χ3v) is 3.01. The summed E-state index contributed by atoms with van der Waals surface area (Å²) in [6, 6.07) is 3.75. The van der Waals surface area contributed by atoms with E-state index in [0.717, 1.165) is 0 Å². The van der Waals surface area contributed by atoms with Crippen LogP contribution in [-0.2, 0) is 16.0 Å². The van der Waals surface area contributed by atoms with Crippen molar-refractivity contribution in [1.82, 2.24) is 5.32 Å². The van der Waals surface area contributed by atoms with Crippen LogP contribution < -0.4 is 11.1 Å². The first-order valence-electron chi connectivity index (χ1n) is 6.82. The Morgan fingerprint density at radius 1 is 1.38 bits per heavy atom. The standard InChI is InChI=1S/C15H21FN2O3/c1-9(2)6-12(17)14(19)18-13(15(20)21)8-10-4-3-5-11(16)7-10/h3-5,7,9,12-13H,6,8,17H2,1-2H3,(H,18,19)(H,20,21)/t12-,13-/m0/s1. The Morgan fingerprint density at radius 2 is 2.05 bits per heavy atom. The Bertz CT molecular complexity index is 505. The summed E-state index contributed by atoms with van der Waals surface area (Å²) in [7, 11) is 0. The predicted molar refractivity (Wildman–Crippen MR) is 77.1 cm³/mol. The molecule has 2 atom stereocenters. The second-order valence-corrected chi connectivity index (χ2v) is 5.47. The van der Waals surface area contributed by atoms with Crippen LogP contribution in [0.15, 0.2) is 24.3 Å². The van der Waals surface area contributed by atoms with Crippen molar-refractivity contribution in [3.05, 3.63) is 35.6 Å². The zero-order chi connectivity index (χ0) is 16.0. The maximum atomic E-state index is 13.1. The fraction of sp³-hybridized carbons (Fsp3) is 0.467. The molecule has 21 heavy (non-hydrogen) atoms. The highest BCUT2D eigenvalue weighted by molar-refractivity contribution is 5.86. The van der Waals surface area contributed by atoms with E-state index in [0.29, 0.717) is 12.0 Å². The van der Waals surface area contributed by atoms with E-state index in [9.17, 15) is 14.0 Å². The van der Waals surface area contributed by atoms with Gasteiger partial charge in [-0.1, -0.05) is 26.0 Å². The average Bonchev–Trinajstić information content (AvgIpc) is 2.36. The summed E-state index contributed by atoms with van der Waals surface area (Å²) in [5.74, 6) is -1.89. The van der Waals surface area contributed by atoms with Gasteiger partial charge in [0.15, 0.2) is 0 Å². The topological polar surface area (TPSA) is 92.4 Å². The van der Waals surface area contributed by atoms with E-state index < -0.39 is 29.8 Å².